The lowest BCUT2D eigenvalue weighted by molar-refractivity contribution is -0.162. The van der Waals surface area contributed by atoms with E-state index in [0.717, 1.165) is 60.4 Å². The maximum atomic E-state index is 13.9. The average Bonchev–Trinajstić information content (AvgIpc) is 3.30. The predicted molar refractivity (Wildman–Crippen MR) is 146 cm³/mol. The first-order valence-electron chi connectivity index (χ1n) is 13.7. The number of esters is 1. The molecule has 2 saturated heterocycles. The summed E-state index contributed by atoms with van der Waals surface area (Å²) >= 11 is 0. The Morgan fingerprint density at radius 2 is 1.82 bits per heavy atom. The van der Waals surface area contributed by atoms with Crippen molar-refractivity contribution < 1.29 is 23.7 Å². The second-order valence-corrected chi connectivity index (χ2v) is 11.1. The highest BCUT2D eigenvalue weighted by atomic mass is 16.5. The minimum absolute atomic E-state index is 0.0986. The third-order valence-electron chi connectivity index (χ3n) is 9.44. The van der Waals surface area contributed by atoms with E-state index in [4.69, 9.17) is 18.9 Å². The quantitative estimate of drug-likeness (QED) is 0.450. The SMILES string of the molecule is CC[C@@H]1C[C@@H]2CN3CCc4c([nH]c5ccc(OC)c(Cc6ccc(OC)c(OC)c6)c45)C(C(=O)OC)(C2)C13. The Kier molecular flexibility index (Phi) is 6.29. The fourth-order valence-corrected chi connectivity index (χ4v) is 8.03. The van der Waals surface area contributed by atoms with Crippen LogP contribution in [0, 0.1) is 11.8 Å². The van der Waals surface area contributed by atoms with Gasteiger partial charge in [0.15, 0.2) is 11.5 Å². The minimum atomic E-state index is -0.671. The molecule has 7 heteroatoms. The largest absolute Gasteiger partial charge is 0.496 e. The number of carbonyl (C=O) groups excluding carboxylic acids is 1. The first-order valence-corrected chi connectivity index (χ1v) is 13.7. The molecule has 202 valence electrons. The van der Waals surface area contributed by atoms with E-state index in [-0.39, 0.29) is 12.0 Å². The van der Waals surface area contributed by atoms with Gasteiger partial charge in [0.2, 0.25) is 0 Å². The summed E-state index contributed by atoms with van der Waals surface area (Å²) in [5, 5.41) is 1.18. The summed E-state index contributed by atoms with van der Waals surface area (Å²) in [6.07, 6.45) is 4.68. The lowest BCUT2D eigenvalue weighted by Crippen LogP contribution is -2.67. The van der Waals surface area contributed by atoms with Crippen LogP contribution in [0.25, 0.3) is 10.9 Å². The third kappa shape index (κ3) is 3.54. The molecule has 5 atom stereocenters. The maximum Gasteiger partial charge on any atom is 0.319 e. The second-order valence-electron chi connectivity index (χ2n) is 11.1. The molecule has 0 amide bonds. The smallest absolute Gasteiger partial charge is 0.319 e. The number of hydrogen-bond acceptors (Lipinski definition) is 6. The lowest BCUT2D eigenvalue weighted by atomic mass is 9.56. The van der Waals surface area contributed by atoms with E-state index in [9.17, 15) is 4.79 Å². The Bertz CT molecular complexity index is 1380. The molecule has 7 nitrogen and oxygen atoms in total. The Morgan fingerprint density at radius 3 is 2.53 bits per heavy atom. The van der Waals surface area contributed by atoms with E-state index in [2.05, 4.69) is 28.9 Å². The molecule has 1 aromatic heterocycles. The number of nitrogens with one attached hydrogen (secondary N) is 1. The molecule has 0 radical (unpaired) electrons. The van der Waals surface area contributed by atoms with Crippen LogP contribution in [0.3, 0.4) is 0 Å². The fraction of sp³-hybridized carbons (Fsp3) is 0.516. The molecule has 4 bridgehead atoms. The van der Waals surface area contributed by atoms with Gasteiger partial charge in [-0.2, -0.15) is 0 Å². The van der Waals surface area contributed by atoms with Crippen LogP contribution in [-0.4, -0.2) is 63.4 Å². The first-order chi connectivity index (χ1) is 18.5. The summed E-state index contributed by atoms with van der Waals surface area (Å²) in [6, 6.07) is 10.3. The number of nitrogens with zero attached hydrogens (tertiary/aromatic N) is 1. The fourth-order valence-electron chi connectivity index (χ4n) is 8.03. The first kappa shape index (κ1) is 25.1. The average molecular weight is 519 g/mol. The normalized spacial score (nSPS) is 27.5. The molecule has 2 aromatic carbocycles. The van der Waals surface area contributed by atoms with Crippen LogP contribution < -0.4 is 14.2 Å². The van der Waals surface area contributed by atoms with Gasteiger partial charge in [-0.05, 0) is 66.5 Å². The van der Waals surface area contributed by atoms with Gasteiger partial charge in [0, 0.05) is 47.7 Å². The summed E-state index contributed by atoms with van der Waals surface area (Å²) in [4.78, 5) is 20.2. The molecule has 3 fully saturated rings. The molecule has 3 aliphatic heterocycles. The number of rotatable bonds is 7. The van der Waals surface area contributed by atoms with Crippen LogP contribution in [0.5, 0.6) is 17.2 Å². The molecular weight excluding hydrogens is 480 g/mol. The molecule has 1 saturated carbocycles. The van der Waals surface area contributed by atoms with Gasteiger partial charge in [0.25, 0.3) is 0 Å². The van der Waals surface area contributed by atoms with Gasteiger partial charge >= 0.3 is 5.97 Å². The molecule has 1 N–H and O–H groups in total. The Hall–Kier alpha value is -3.19. The molecule has 0 spiro atoms. The number of H-pyrrole nitrogens is 1. The number of hydrogen-bond donors (Lipinski definition) is 1. The number of aromatic nitrogens is 1. The molecule has 3 aromatic rings. The van der Waals surface area contributed by atoms with Gasteiger partial charge in [-0.3, -0.25) is 9.69 Å². The zero-order chi connectivity index (χ0) is 26.6. The molecule has 38 heavy (non-hydrogen) atoms. The number of fused-ring (bicyclic) bond motifs is 4. The third-order valence-corrected chi connectivity index (χ3v) is 9.44. The highest BCUT2D eigenvalue weighted by molar-refractivity contribution is 5.94. The molecule has 1 aliphatic carbocycles. The number of carbonyl (C=O) groups is 1. The van der Waals surface area contributed by atoms with Crippen molar-refractivity contribution in [3.8, 4) is 17.2 Å². The van der Waals surface area contributed by atoms with Gasteiger partial charge < -0.3 is 23.9 Å². The number of piperidine rings is 2. The van der Waals surface area contributed by atoms with E-state index in [0.29, 0.717) is 29.8 Å². The van der Waals surface area contributed by atoms with Crippen molar-refractivity contribution in [3.05, 3.63) is 52.7 Å². The summed E-state index contributed by atoms with van der Waals surface area (Å²) in [5.41, 5.74) is 4.92. The second kappa shape index (κ2) is 9.53. The van der Waals surface area contributed by atoms with E-state index >= 15 is 0 Å². The van der Waals surface area contributed by atoms with Gasteiger partial charge in [-0.1, -0.05) is 19.4 Å². The molecule has 4 aliphatic rings. The van der Waals surface area contributed by atoms with Crippen LogP contribution in [0.4, 0.5) is 0 Å². The van der Waals surface area contributed by atoms with E-state index < -0.39 is 5.41 Å². The van der Waals surface area contributed by atoms with Crippen LogP contribution in [-0.2, 0) is 27.8 Å². The van der Waals surface area contributed by atoms with Gasteiger partial charge in [-0.25, -0.2) is 0 Å². The zero-order valence-electron chi connectivity index (χ0n) is 23.1. The van der Waals surface area contributed by atoms with Gasteiger partial charge in [-0.15, -0.1) is 0 Å². The van der Waals surface area contributed by atoms with Gasteiger partial charge in [0.05, 0.1) is 28.4 Å². The van der Waals surface area contributed by atoms with Gasteiger partial charge in [0.1, 0.15) is 11.2 Å². The Balaban J connectivity index is 1.56. The highest BCUT2D eigenvalue weighted by Crippen LogP contribution is 2.56. The summed E-state index contributed by atoms with van der Waals surface area (Å²) < 4.78 is 22.5. The monoisotopic (exact) mass is 518 g/mol. The van der Waals surface area contributed by atoms with Crippen molar-refractivity contribution in [2.45, 2.75) is 50.5 Å². The molecule has 3 unspecified atom stereocenters. The van der Waals surface area contributed by atoms with Crippen molar-refractivity contribution in [3.63, 3.8) is 0 Å². The Morgan fingerprint density at radius 1 is 1.05 bits per heavy atom. The van der Waals surface area contributed by atoms with Crippen molar-refractivity contribution >= 4 is 16.9 Å². The van der Waals surface area contributed by atoms with E-state index in [1.54, 1.807) is 28.4 Å². The molecule has 7 rings (SSSR count). The number of ether oxygens (including phenoxy) is 4. The molecular formula is C31H38N2O5. The predicted octanol–water partition coefficient (Wildman–Crippen LogP) is 4.87. The minimum Gasteiger partial charge on any atom is -0.496 e. The van der Waals surface area contributed by atoms with Crippen LogP contribution >= 0.6 is 0 Å². The number of benzene rings is 2. The summed E-state index contributed by atoms with van der Waals surface area (Å²) in [6.45, 7) is 4.29. The highest BCUT2D eigenvalue weighted by Gasteiger charge is 2.62. The van der Waals surface area contributed by atoms with E-state index in [1.807, 2.05) is 18.2 Å². The molecule has 4 heterocycles. The van der Waals surface area contributed by atoms with Crippen LogP contribution in [0.2, 0.25) is 0 Å². The maximum absolute atomic E-state index is 13.9. The summed E-state index contributed by atoms with van der Waals surface area (Å²) in [5.74, 6) is 3.15. The standard InChI is InChI=1S/C31H38N2O5/c1-6-20-13-19-16-31(30(34)38-5)28-21(11-12-33(17-19)29(20)31)27-22(24(35-2)10-8-23(27)32-28)14-18-7-9-25(36-3)26(15-18)37-4/h7-10,15,19-20,29,32H,6,11-14,16-17H2,1-5H3/t19-,20+,29?,31?/m0/s1. The van der Waals surface area contributed by atoms with Crippen molar-refractivity contribution in [1.82, 2.24) is 9.88 Å². The lowest BCUT2D eigenvalue weighted by Gasteiger charge is -2.57. The number of aromatic amines is 1. The number of methoxy groups -OCH3 is 4. The van der Waals surface area contributed by atoms with E-state index in [1.165, 1.54) is 17.4 Å². The van der Waals surface area contributed by atoms with Crippen molar-refractivity contribution in [1.29, 1.82) is 0 Å². The zero-order valence-corrected chi connectivity index (χ0v) is 23.1. The topological polar surface area (TPSA) is 73.0 Å². The Labute approximate surface area is 224 Å². The van der Waals surface area contributed by atoms with Crippen LogP contribution in [0.15, 0.2) is 30.3 Å². The van der Waals surface area contributed by atoms with Crippen LogP contribution in [0.1, 0.15) is 48.6 Å². The van der Waals surface area contributed by atoms with Crippen molar-refractivity contribution in [2.24, 2.45) is 11.8 Å². The van der Waals surface area contributed by atoms with Crippen molar-refractivity contribution in [2.75, 3.05) is 41.5 Å². The summed E-state index contributed by atoms with van der Waals surface area (Å²) in [7, 11) is 6.58.